The molecule has 0 spiro atoms. The lowest BCUT2D eigenvalue weighted by atomic mass is 9.91. The van der Waals surface area contributed by atoms with Crippen LogP contribution in [-0.4, -0.2) is 57.9 Å². The van der Waals surface area contributed by atoms with Crippen LogP contribution in [0.2, 0.25) is 0 Å². The Morgan fingerprint density at radius 2 is 2.17 bits per heavy atom. The molecule has 0 amide bonds. The second-order valence-electron chi connectivity index (χ2n) is 5.24. The van der Waals surface area contributed by atoms with E-state index in [2.05, 4.69) is 5.32 Å². The maximum Gasteiger partial charge on any atom is 0.216 e. The number of ether oxygens (including phenoxy) is 1. The number of piperidine rings is 1. The zero-order valence-corrected chi connectivity index (χ0v) is 11.9. The first-order chi connectivity index (χ1) is 8.65. The Morgan fingerprint density at radius 1 is 1.33 bits per heavy atom. The lowest BCUT2D eigenvalue weighted by Gasteiger charge is -2.33. The van der Waals surface area contributed by atoms with Gasteiger partial charge in [-0.15, -0.1) is 0 Å². The van der Waals surface area contributed by atoms with Crippen LogP contribution in [0.3, 0.4) is 0 Å². The van der Waals surface area contributed by atoms with Crippen molar-refractivity contribution in [3.8, 4) is 0 Å². The molecule has 0 radical (unpaired) electrons. The van der Waals surface area contributed by atoms with Crippen molar-refractivity contribution in [2.24, 2.45) is 5.92 Å². The average Bonchev–Trinajstić information content (AvgIpc) is 2.87. The summed E-state index contributed by atoms with van der Waals surface area (Å²) in [6, 6.07) is 0.208. The van der Waals surface area contributed by atoms with Crippen LogP contribution in [0.15, 0.2) is 0 Å². The minimum atomic E-state index is -3.14. The fourth-order valence-corrected chi connectivity index (χ4v) is 4.80. The predicted octanol–water partition coefficient (Wildman–Crippen LogP) is 0.427. The van der Waals surface area contributed by atoms with Crippen molar-refractivity contribution >= 4 is 10.0 Å². The number of hydrogen-bond donors (Lipinski definition) is 1. The van der Waals surface area contributed by atoms with Crippen molar-refractivity contribution in [3.63, 3.8) is 0 Å². The van der Waals surface area contributed by atoms with E-state index < -0.39 is 10.0 Å². The van der Waals surface area contributed by atoms with E-state index in [-0.39, 0.29) is 18.4 Å². The van der Waals surface area contributed by atoms with Gasteiger partial charge in [0.2, 0.25) is 10.0 Å². The maximum absolute atomic E-state index is 12.3. The molecule has 2 aliphatic heterocycles. The van der Waals surface area contributed by atoms with E-state index >= 15 is 0 Å². The largest absolute Gasteiger partial charge is 0.384 e. The second-order valence-corrected chi connectivity index (χ2v) is 7.28. The molecular weight excluding hydrogens is 252 g/mol. The molecule has 2 saturated heterocycles. The molecule has 18 heavy (non-hydrogen) atoms. The highest BCUT2D eigenvalue weighted by molar-refractivity contribution is 7.89. The third-order valence-electron chi connectivity index (χ3n) is 4.03. The van der Waals surface area contributed by atoms with Crippen molar-refractivity contribution in [2.75, 3.05) is 39.1 Å². The Hall–Kier alpha value is -0.170. The summed E-state index contributed by atoms with van der Waals surface area (Å²) in [5, 5.41) is 3.38. The highest BCUT2D eigenvalue weighted by atomic mass is 32.2. The topological polar surface area (TPSA) is 58.6 Å². The molecule has 2 rings (SSSR count). The normalized spacial score (nSPS) is 30.7. The molecule has 2 aliphatic rings. The summed E-state index contributed by atoms with van der Waals surface area (Å²) in [5.41, 5.74) is 0. The number of sulfonamides is 1. The second kappa shape index (κ2) is 6.32. The standard InChI is InChI=1S/C12H24N2O3S/c1-17-8-9-18(15,16)14-7-3-5-12(14)11-4-2-6-13-10-11/h11-13H,2-10H2,1H3. The lowest BCUT2D eigenvalue weighted by molar-refractivity contribution is 0.210. The molecular formula is C12H24N2O3S. The number of nitrogens with zero attached hydrogens (tertiary/aromatic N) is 1. The third kappa shape index (κ3) is 3.23. The Bertz CT molecular complexity index is 352. The van der Waals surface area contributed by atoms with Gasteiger partial charge in [0.15, 0.2) is 0 Å². The van der Waals surface area contributed by atoms with Gasteiger partial charge in [-0.25, -0.2) is 8.42 Å². The third-order valence-corrected chi connectivity index (χ3v) is 5.88. The Balaban J connectivity index is 2.02. The summed E-state index contributed by atoms with van der Waals surface area (Å²) in [5.74, 6) is 0.596. The minimum absolute atomic E-state index is 0.111. The Kier molecular flexibility index (Phi) is 5.00. The number of methoxy groups -OCH3 is 1. The van der Waals surface area contributed by atoms with Crippen LogP contribution >= 0.6 is 0 Å². The van der Waals surface area contributed by atoms with Gasteiger partial charge in [-0.05, 0) is 44.7 Å². The quantitative estimate of drug-likeness (QED) is 0.791. The van der Waals surface area contributed by atoms with Crippen molar-refractivity contribution < 1.29 is 13.2 Å². The summed E-state index contributed by atoms with van der Waals surface area (Å²) in [4.78, 5) is 0. The van der Waals surface area contributed by atoms with Crippen LogP contribution < -0.4 is 5.32 Å². The number of nitrogens with one attached hydrogen (secondary N) is 1. The molecule has 0 bridgehead atoms. The highest BCUT2D eigenvalue weighted by Gasteiger charge is 2.38. The van der Waals surface area contributed by atoms with Crippen LogP contribution in [0.4, 0.5) is 0 Å². The molecule has 0 aromatic carbocycles. The highest BCUT2D eigenvalue weighted by Crippen LogP contribution is 2.30. The van der Waals surface area contributed by atoms with Gasteiger partial charge < -0.3 is 10.1 Å². The molecule has 1 N–H and O–H groups in total. The summed E-state index contributed by atoms with van der Waals surface area (Å²) >= 11 is 0. The average molecular weight is 276 g/mol. The van der Waals surface area contributed by atoms with Gasteiger partial charge in [0.05, 0.1) is 12.4 Å². The molecule has 2 heterocycles. The van der Waals surface area contributed by atoms with Crippen LogP contribution in [-0.2, 0) is 14.8 Å². The SMILES string of the molecule is COCCS(=O)(=O)N1CCCC1C1CCCNC1. The van der Waals surface area contributed by atoms with E-state index in [1.54, 1.807) is 11.4 Å². The first kappa shape index (κ1) is 14.2. The van der Waals surface area contributed by atoms with Gasteiger partial charge >= 0.3 is 0 Å². The molecule has 0 aromatic rings. The van der Waals surface area contributed by atoms with Crippen LogP contribution in [0.5, 0.6) is 0 Å². The lowest BCUT2D eigenvalue weighted by Crippen LogP contribution is -2.46. The van der Waals surface area contributed by atoms with Crippen LogP contribution in [0, 0.1) is 5.92 Å². The van der Waals surface area contributed by atoms with Crippen LogP contribution in [0.25, 0.3) is 0 Å². The van der Waals surface area contributed by atoms with E-state index in [0.29, 0.717) is 12.5 Å². The Morgan fingerprint density at radius 3 is 2.83 bits per heavy atom. The van der Waals surface area contributed by atoms with E-state index in [1.807, 2.05) is 0 Å². The van der Waals surface area contributed by atoms with Crippen LogP contribution in [0.1, 0.15) is 25.7 Å². The predicted molar refractivity (Wildman–Crippen MR) is 71.0 cm³/mol. The Labute approximate surface area is 110 Å². The monoisotopic (exact) mass is 276 g/mol. The van der Waals surface area contributed by atoms with Crippen molar-refractivity contribution in [1.82, 2.24) is 9.62 Å². The summed E-state index contributed by atoms with van der Waals surface area (Å²) in [7, 11) is -1.60. The number of rotatable bonds is 5. The van der Waals surface area contributed by atoms with Gasteiger partial charge in [0.1, 0.15) is 0 Å². The van der Waals surface area contributed by atoms with Gasteiger partial charge in [-0.2, -0.15) is 4.31 Å². The maximum atomic E-state index is 12.3. The molecule has 0 aromatic heterocycles. The molecule has 2 fully saturated rings. The molecule has 106 valence electrons. The smallest absolute Gasteiger partial charge is 0.216 e. The van der Waals surface area contributed by atoms with E-state index in [0.717, 1.165) is 38.8 Å². The van der Waals surface area contributed by atoms with E-state index in [9.17, 15) is 8.42 Å². The molecule has 2 unspecified atom stereocenters. The molecule has 5 nitrogen and oxygen atoms in total. The zero-order valence-electron chi connectivity index (χ0n) is 11.1. The van der Waals surface area contributed by atoms with Gasteiger partial charge in [-0.1, -0.05) is 0 Å². The fraction of sp³-hybridized carbons (Fsp3) is 1.00. The van der Waals surface area contributed by atoms with Crippen molar-refractivity contribution in [3.05, 3.63) is 0 Å². The fourth-order valence-electron chi connectivity index (χ4n) is 3.10. The first-order valence-corrected chi connectivity index (χ1v) is 8.45. The molecule has 0 aliphatic carbocycles. The molecule has 6 heteroatoms. The summed E-state index contributed by atoms with van der Waals surface area (Å²) in [6.07, 6.45) is 4.31. The van der Waals surface area contributed by atoms with E-state index in [1.165, 1.54) is 0 Å². The summed E-state index contributed by atoms with van der Waals surface area (Å²) < 4.78 is 31.2. The molecule has 0 saturated carbocycles. The summed E-state index contributed by atoms with van der Waals surface area (Å²) in [6.45, 7) is 3.00. The zero-order chi connectivity index (χ0) is 13.0. The van der Waals surface area contributed by atoms with Crippen molar-refractivity contribution in [2.45, 2.75) is 31.7 Å². The van der Waals surface area contributed by atoms with Crippen molar-refractivity contribution in [1.29, 1.82) is 0 Å². The van der Waals surface area contributed by atoms with E-state index in [4.69, 9.17) is 4.74 Å². The molecule has 2 atom stereocenters. The van der Waals surface area contributed by atoms with Gasteiger partial charge in [0, 0.05) is 19.7 Å². The van der Waals surface area contributed by atoms with Gasteiger partial charge in [0.25, 0.3) is 0 Å². The first-order valence-electron chi connectivity index (χ1n) is 6.84. The van der Waals surface area contributed by atoms with Gasteiger partial charge in [-0.3, -0.25) is 0 Å². The minimum Gasteiger partial charge on any atom is -0.384 e. The number of hydrogen-bond acceptors (Lipinski definition) is 4.